The summed E-state index contributed by atoms with van der Waals surface area (Å²) in [6.07, 6.45) is 2.75. The van der Waals surface area contributed by atoms with Crippen molar-refractivity contribution < 1.29 is 47.7 Å². The molecule has 2 aromatic heterocycles. The number of pyridine rings is 2. The number of nitrogens with zero attached hydrogens (tertiary/aromatic N) is 4. The normalized spacial score (nSPS) is 11.8. The van der Waals surface area contributed by atoms with E-state index in [2.05, 4.69) is 31.2 Å². The smallest absolute Gasteiger partial charge is 0.407 e. The fraction of sp³-hybridized carbons (Fsp3) is 0.636. The third-order valence-corrected chi connectivity index (χ3v) is 10.0. The van der Waals surface area contributed by atoms with Gasteiger partial charge < -0.3 is 50.0 Å². The minimum absolute atomic E-state index is 0.249. The largest absolute Gasteiger partial charge is 0.444 e. The maximum absolute atomic E-state index is 13.7. The van der Waals surface area contributed by atoms with Gasteiger partial charge in [0.1, 0.15) is 32.5 Å². The van der Waals surface area contributed by atoms with Gasteiger partial charge in [-0.3, -0.25) is 9.59 Å². The van der Waals surface area contributed by atoms with Crippen LogP contribution in [0.2, 0.25) is 0 Å². The van der Waals surface area contributed by atoms with Gasteiger partial charge in [-0.25, -0.2) is 29.1 Å². The number of amides is 6. The molecule has 0 saturated carbocycles. The van der Waals surface area contributed by atoms with Crippen molar-refractivity contribution in [3.8, 4) is 0 Å². The Bertz CT molecular complexity index is 1600. The van der Waals surface area contributed by atoms with Gasteiger partial charge in [0, 0.05) is 64.8 Å². The second-order valence-corrected chi connectivity index (χ2v) is 20.8. The van der Waals surface area contributed by atoms with Gasteiger partial charge in [0.25, 0.3) is 11.8 Å². The maximum atomic E-state index is 13.7. The van der Waals surface area contributed by atoms with Crippen LogP contribution in [-0.2, 0) is 18.9 Å². The Labute approximate surface area is 386 Å². The third-order valence-electron chi connectivity index (χ3n) is 7.85. The van der Waals surface area contributed by atoms with Crippen LogP contribution in [0.3, 0.4) is 0 Å². The number of aromatic nitrogens is 2. The highest BCUT2D eigenvalue weighted by Crippen LogP contribution is 2.35. The molecule has 2 rings (SSSR count). The predicted octanol–water partition coefficient (Wildman–Crippen LogP) is 7.82. The minimum Gasteiger partial charge on any atom is -0.444 e. The summed E-state index contributed by atoms with van der Waals surface area (Å²) in [5.74, 6) is -0.498. The Morgan fingerprint density at radius 2 is 0.703 bits per heavy atom. The minimum atomic E-state index is -0.633. The van der Waals surface area contributed by atoms with Crippen molar-refractivity contribution in [3.63, 3.8) is 0 Å². The van der Waals surface area contributed by atoms with E-state index in [-0.39, 0.29) is 11.8 Å². The Morgan fingerprint density at radius 1 is 0.453 bits per heavy atom. The van der Waals surface area contributed by atoms with E-state index in [1.807, 2.05) is 0 Å². The first-order valence-corrected chi connectivity index (χ1v) is 23.6. The van der Waals surface area contributed by atoms with Crippen molar-refractivity contribution in [2.24, 2.45) is 0 Å². The molecule has 0 unspecified atom stereocenters. The summed E-state index contributed by atoms with van der Waals surface area (Å²) < 4.78 is 21.2. The number of hydrogen-bond acceptors (Lipinski definition) is 14. The molecule has 0 aromatic carbocycles. The highest BCUT2D eigenvalue weighted by Gasteiger charge is 2.22. The molecule has 18 nitrogen and oxygen atoms in total. The molecule has 0 aliphatic rings. The monoisotopic (exact) mass is 934 g/mol. The fourth-order valence-corrected chi connectivity index (χ4v) is 7.00. The lowest BCUT2D eigenvalue weighted by molar-refractivity contribution is 0.0508. The molecule has 0 aliphatic carbocycles. The van der Waals surface area contributed by atoms with Crippen LogP contribution in [0.25, 0.3) is 0 Å². The number of nitrogens with one attached hydrogen (secondary N) is 4. The molecule has 6 amide bonds. The van der Waals surface area contributed by atoms with Crippen molar-refractivity contribution in [1.29, 1.82) is 0 Å². The molecule has 0 fully saturated rings. The second-order valence-electron chi connectivity index (χ2n) is 18.7. The Balaban J connectivity index is 2.04. The molecule has 0 radical (unpaired) electrons. The summed E-state index contributed by atoms with van der Waals surface area (Å²) in [7, 11) is 2.67. The number of alkyl carbamates (subject to hydrolysis) is 4. The summed E-state index contributed by atoms with van der Waals surface area (Å²) in [4.78, 5) is 88.1. The first-order valence-electron chi connectivity index (χ1n) is 21.4. The Morgan fingerprint density at radius 3 is 0.906 bits per heavy atom. The number of rotatable bonds is 21. The summed E-state index contributed by atoms with van der Waals surface area (Å²) in [5, 5.41) is 12.1. The zero-order chi connectivity index (χ0) is 48.1. The SMILES string of the molecule is CC(C)(C)OC(=O)NCCCN(CCCNC(=O)OC(C)(C)C)C(=O)c1ccc(SSc2ccc(C(=O)N(CCCNC(=O)OC(C)(C)C)CCCNC(=O)OC(C)(C)C)cn2)nc1. The quantitative estimate of drug-likeness (QED) is 0.0533. The van der Waals surface area contributed by atoms with Gasteiger partial charge in [0.15, 0.2) is 0 Å². The van der Waals surface area contributed by atoms with E-state index >= 15 is 0 Å². The first kappa shape index (κ1) is 55.2. The number of ether oxygens (including phenoxy) is 4. The van der Waals surface area contributed by atoms with Gasteiger partial charge in [-0.05, 0) is 155 Å². The topological polar surface area (TPSA) is 220 Å². The van der Waals surface area contributed by atoms with Crippen LogP contribution in [0.1, 0.15) is 129 Å². The van der Waals surface area contributed by atoms with Crippen LogP contribution in [0.5, 0.6) is 0 Å². The van der Waals surface area contributed by atoms with Gasteiger partial charge in [0.05, 0.1) is 11.1 Å². The lowest BCUT2D eigenvalue weighted by Gasteiger charge is -2.24. The van der Waals surface area contributed by atoms with E-state index in [4.69, 9.17) is 18.9 Å². The van der Waals surface area contributed by atoms with Crippen molar-refractivity contribution >= 4 is 57.8 Å². The van der Waals surface area contributed by atoms with E-state index in [9.17, 15) is 28.8 Å². The van der Waals surface area contributed by atoms with Crippen molar-refractivity contribution in [2.75, 3.05) is 52.4 Å². The molecule has 20 heteroatoms. The van der Waals surface area contributed by atoms with Crippen LogP contribution in [-0.4, -0.2) is 131 Å². The summed E-state index contributed by atoms with van der Waals surface area (Å²) in [5.41, 5.74) is -1.78. The number of carbonyl (C=O) groups is 6. The molecule has 64 heavy (non-hydrogen) atoms. The van der Waals surface area contributed by atoms with Crippen LogP contribution >= 0.6 is 21.6 Å². The highest BCUT2D eigenvalue weighted by atomic mass is 33.1. The molecule has 2 aromatic rings. The summed E-state index contributed by atoms with van der Waals surface area (Å²) in [6, 6.07) is 6.86. The second kappa shape index (κ2) is 26.1. The van der Waals surface area contributed by atoms with Crippen LogP contribution in [0.4, 0.5) is 19.2 Å². The number of carbonyl (C=O) groups excluding carboxylic acids is 6. The van der Waals surface area contributed by atoms with Crippen LogP contribution in [0.15, 0.2) is 46.7 Å². The molecule has 0 saturated heterocycles. The standard InChI is InChI=1S/C44H70N8O10S2/c1-41(2,3)59-37(55)45-21-13-25-51(26-14-22-46-38(56)60-42(4,5)6)35(53)31-17-19-33(49-29-31)63-64-34-20-18-32(30-50-34)36(54)52(27-15-23-47-39(57)61-43(7,8)9)28-16-24-48-40(58)62-44(10,11)12/h17-20,29-30H,13-16,21-28H2,1-12H3,(H,45,55)(H,46,56)(H,47,57)(H,48,58). The third kappa shape index (κ3) is 25.3. The highest BCUT2D eigenvalue weighted by molar-refractivity contribution is 8.76. The van der Waals surface area contributed by atoms with Gasteiger partial charge in [-0.1, -0.05) is 0 Å². The summed E-state index contributed by atoms with van der Waals surface area (Å²) >= 11 is 0. The molecule has 4 N–H and O–H groups in total. The molecular formula is C44H70N8O10S2. The first-order chi connectivity index (χ1) is 29.7. The molecule has 0 aliphatic heterocycles. The predicted molar refractivity (Wildman–Crippen MR) is 247 cm³/mol. The average Bonchev–Trinajstić information content (AvgIpc) is 3.16. The van der Waals surface area contributed by atoms with Crippen molar-refractivity contribution in [2.45, 2.75) is 141 Å². The molecule has 358 valence electrons. The van der Waals surface area contributed by atoms with E-state index in [0.29, 0.717) is 99.2 Å². The zero-order valence-corrected chi connectivity index (χ0v) is 41.3. The maximum Gasteiger partial charge on any atom is 0.407 e. The molecule has 2 heterocycles. The fourth-order valence-electron chi connectivity index (χ4n) is 5.29. The zero-order valence-electron chi connectivity index (χ0n) is 39.6. The molecule has 0 spiro atoms. The van der Waals surface area contributed by atoms with Gasteiger partial charge in [-0.2, -0.15) is 0 Å². The Kier molecular flexibility index (Phi) is 22.5. The Hall–Kier alpha value is -4.98. The van der Waals surface area contributed by atoms with Gasteiger partial charge in [0.2, 0.25) is 0 Å². The van der Waals surface area contributed by atoms with E-state index in [1.165, 1.54) is 34.0 Å². The van der Waals surface area contributed by atoms with E-state index < -0.39 is 46.8 Å². The molecular weight excluding hydrogens is 865 g/mol. The van der Waals surface area contributed by atoms with E-state index in [1.54, 1.807) is 117 Å². The van der Waals surface area contributed by atoms with Crippen molar-refractivity contribution in [3.05, 3.63) is 47.8 Å². The lowest BCUT2D eigenvalue weighted by atomic mass is 10.2. The number of hydrogen-bond donors (Lipinski definition) is 4. The van der Waals surface area contributed by atoms with Crippen LogP contribution in [0, 0.1) is 0 Å². The summed E-state index contributed by atoms with van der Waals surface area (Å²) in [6.45, 7) is 23.9. The lowest BCUT2D eigenvalue weighted by Crippen LogP contribution is -2.38. The van der Waals surface area contributed by atoms with Crippen molar-refractivity contribution in [1.82, 2.24) is 41.0 Å². The molecule has 0 bridgehead atoms. The molecule has 0 atom stereocenters. The average molecular weight is 935 g/mol. The van der Waals surface area contributed by atoms with Gasteiger partial charge >= 0.3 is 24.4 Å². The van der Waals surface area contributed by atoms with E-state index in [0.717, 1.165) is 0 Å². The van der Waals surface area contributed by atoms with Gasteiger partial charge in [-0.15, -0.1) is 0 Å². The van der Waals surface area contributed by atoms with Crippen LogP contribution < -0.4 is 21.3 Å².